The zero-order chi connectivity index (χ0) is 48.8. The maximum absolute atomic E-state index is 14.7. The van der Waals surface area contributed by atoms with Crippen LogP contribution < -0.4 is 29.2 Å². The molecule has 3 atom stereocenters. The molecule has 4 aliphatic rings. The van der Waals surface area contributed by atoms with Gasteiger partial charge in [-0.05, 0) is 90.0 Å². The number of methoxy groups -OCH3 is 1. The number of aromatic amines is 1. The number of hydrogen-bond donors (Lipinski definition) is 4. The van der Waals surface area contributed by atoms with E-state index in [9.17, 15) is 15.0 Å². The molecule has 2 saturated carbocycles. The van der Waals surface area contributed by atoms with Gasteiger partial charge in [-0.15, -0.1) is 0 Å². The first-order valence-corrected chi connectivity index (χ1v) is 26.0. The molecule has 2 aliphatic carbocycles. The summed E-state index contributed by atoms with van der Waals surface area (Å²) in [4.78, 5) is 21.3. The number of aryl methyl sites for hydroxylation is 1. The average Bonchev–Trinajstić information content (AvgIpc) is 4.16. The predicted octanol–water partition coefficient (Wildman–Crippen LogP) is 11.8. The number of anilines is 1. The number of nitrogens with zero attached hydrogens (tertiary/aromatic N) is 1. The Kier molecular flexibility index (Phi) is 14.6. The molecule has 1 spiro atoms. The second kappa shape index (κ2) is 21.5. The largest absolute Gasteiger partial charge is 0.508 e. The Hall–Kier alpha value is -6.49. The van der Waals surface area contributed by atoms with Gasteiger partial charge in [-0.1, -0.05) is 135 Å². The van der Waals surface area contributed by atoms with Crippen LogP contribution in [0.25, 0.3) is 17.2 Å². The molecule has 71 heavy (non-hydrogen) atoms. The SMILES string of the molecule is COc1c(OCCc2ccccc2)c(CCc2cccc(-c3cc(C4(C)CCCC45CCCC5)[nH]c3N3CCNCC3)c2)c2c(c1OCCC(O)C=Cc1ccccc1)C(=O)CC(c1ccc(O)cc1)O2. The Balaban J connectivity index is 1.01. The fraction of sp³-hybridized carbons (Fsp3) is 0.393. The highest BCUT2D eigenvalue weighted by atomic mass is 16.5. The van der Waals surface area contributed by atoms with E-state index in [0.717, 1.165) is 54.0 Å². The first-order chi connectivity index (χ1) is 34.7. The highest BCUT2D eigenvalue weighted by Crippen LogP contribution is 2.62. The molecule has 10 heteroatoms. The molecule has 0 radical (unpaired) electrons. The number of hydrogen-bond acceptors (Lipinski definition) is 9. The van der Waals surface area contributed by atoms with Crippen molar-refractivity contribution in [3.8, 4) is 39.9 Å². The molecule has 10 nitrogen and oxygen atoms in total. The molecule has 4 N–H and O–H groups in total. The number of Topliss-reactive ketones (excluding diaryl/α,β-unsaturated/α-hetero) is 1. The van der Waals surface area contributed by atoms with Crippen LogP contribution in [-0.4, -0.2) is 73.6 Å². The number of phenolic OH excluding ortho intramolecular Hbond substituents is 1. The molecule has 370 valence electrons. The van der Waals surface area contributed by atoms with Gasteiger partial charge in [-0.3, -0.25) is 4.79 Å². The van der Waals surface area contributed by atoms with Crippen LogP contribution in [0.3, 0.4) is 0 Å². The molecule has 10 rings (SSSR count). The van der Waals surface area contributed by atoms with Gasteiger partial charge in [0.1, 0.15) is 29.0 Å². The van der Waals surface area contributed by atoms with Gasteiger partial charge in [0.15, 0.2) is 17.3 Å². The lowest BCUT2D eigenvalue weighted by Crippen LogP contribution is -2.44. The van der Waals surface area contributed by atoms with E-state index in [2.05, 4.69) is 64.6 Å². The van der Waals surface area contributed by atoms with Gasteiger partial charge in [0.25, 0.3) is 0 Å². The van der Waals surface area contributed by atoms with Crippen LogP contribution >= 0.6 is 0 Å². The molecular weight excluding hydrogens is 887 g/mol. The van der Waals surface area contributed by atoms with Gasteiger partial charge in [-0.2, -0.15) is 0 Å². The summed E-state index contributed by atoms with van der Waals surface area (Å²) in [7, 11) is 1.58. The van der Waals surface area contributed by atoms with E-state index in [1.807, 2.05) is 54.6 Å². The Labute approximate surface area is 419 Å². The van der Waals surface area contributed by atoms with E-state index < -0.39 is 12.2 Å². The molecule has 1 saturated heterocycles. The molecule has 0 bridgehead atoms. The van der Waals surface area contributed by atoms with Crippen molar-refractivity contribution < 1.29 is 34.0 Å². The number of benzene rings is 5. The van der Waals surface area contributed by atoms with Crippen molar-refractivity contribution in [1.29, 1.82) is 0 Å². The number of aromatic hydroxyl groups is 1. The molecule has 5 aromatic carbocycles. The summed E-state index contributed by atoms with van der Waals surface area (Å²) in [5.74, 6) is 2.66. The van der Waals surface area contributed by atoms with Gasteiger partial charge in [0.05, 0.1) is 32.8 Å². The number of carbonyl (C=O) groups is 1. The van der Waals surface area contributed by atoms with Gasteiger partial charge in [0, 0.05) is 61.3 Å². The normalized spacial score (nSPS) is 20.0. The van der Waals surface area contributed by atoms with Gasteiger partial charge in [0.2, 0.25) is 5.75 Å². The molecule has 3 heterocycles. The number of nitrogens with one attached hydrogen (secondary N) is 2. The van der Waals surface area contributed by atoms with Crippen molar-refractivity contribution in [2.24, 2.45) is 5.41 Å². The summed E-state index contributed by atoms with van der Waals surface area (Å²) in [5.41, 5.74) is 9.37. The Morgan fingerprint density at radius 3 is 2.27 bits per heavy atom. The molecule has 0 amide bonds. The number of fused-ring (bicyclic) bond motifs is 1. The summed E-state index contributed by atoms with van der Waals surface area (Å²) >= 11 is 0. The lowest BCUT2D eigenvalue weighted by atomic mass is 9.64. The summed E-state index contributed by atoms with van der Waals surface area (Å²) in [6, 6.07) is 38.3. The number of ketones is 1. The number of ether oxygens (including phenoxy) is 4. The zero-order valence-electron chi connectivity index (χ0n) is 41.4. The summed E-state index contributed by atoms with van der Waals surface area (Å²) in [6.07, 6.45) is 13.4. The van der Waals surface area contributed by atoms with E-state index in [0.29, 0.717) is 54.1 Å². The highest BCUT2D eigenvalue weighted by Gasteiger charge is 2.54. The van der Waals surface area contributed by atoms with Crippen molar-refractivity contribution >= 4 is 17.7 Å². The fourth-order valence-electron chi connectivity index (χ4n) is 12.1. The van der Waals surface area contributed by atoms with Crippen LogP contribution in [0.15, 0.2) is 121 Å². The van der Waals surface area contributed by atoms with E-state index >= 15 is 0 Å². The summed E-state index contributed by atoms with van der Waals surface area (Å²) in [5, 5.41) is 24.8. The van der Waals surface area contributed by atoms with Crippen molar-refractivity contribution in [1.82, 2.24) is 10.3 Å². The highest BCUT2D eigenvalue weighted by molar-refractivity contribution is 6.04. The molecular formula is C61H69N3O7. The quantitative estimate of drug-likeness (QED) is 0.0666. The van der Waals surface area contributed by atoms with E-state index in [4.69, 9.17) is 18.9 Å². The Morgan fingerprint density at radius 1 is 0.789 bits per heavy atom. The van der Waals surface area contributed by atoms with Crippen LogP contribution in [0.1, 0.15) is 115 Å². The first-order valence-electron chi connectivity index (χ1n) is 26.0. The maximum Gasteiger partial charge on any atom is 0.204 e. The minimum Gasteiger partial charge on any atom is -0.508 e. The third-order valence-corrected chi connectivity index (χ3v) is 16.0. The van der Waals surface area contributed by atoms with Gasteiger partial charge >= 0.3 is 0 Å². The van der Waals surface area contributed by atoms with Crippen molar-refractivity contribution in [2.75, 3.05) is 51.4 Å². The van der Waals surface area contributed by atoms with Crippen LogP contribution in [0.4, 0.5) is 5.82 Å². The molecule has 3 unspecified atom stereocenters. The lowest BCUT2D eigenvalue weighted by molar-refractivity contribution is 0.0835. The number of aromatic nitrogens is 1. The van der Waals surface area contributed by atoms with Crippen LogP contribution in [0.2, 0.25) is 0 Å². The van der Waals surface area contributed by atoms with Crippen LogP contribution in [-0.2, 0) is 24.7 Å². The first kappa shape index (κ1) is 48.2. The standard InChI is InChI=1S/C61H69N3O7/c1-60(29-12-32-61(60)30-9-10-31-61)53-40-50(59(63-53)64-35-33-62-34-36-64)46-18-11-17-44(39-46)20-26-49-55-54(51(67)41-52(71-55)45-21-24-47(65)25-22-45)57(70-38-28-48(66)23-19-42-13-5-3-6-14-42)58(68-2)56(49)69-37-27-43-15-7-4-8-16-43/h3-8,11,13-19,21-25,39-40,48,52,62-63,65-66H,9-10,12,20,26-38,41H2,1-2H3. The van der Waals surface area contributed by atoms with E-state index in [1.165, 1.54) is 67.6 Å². The molecule has 6 aromatic rings. The predicted molar refractivity (Wildman–Crippen MR) is 281 cm³/mol. The third-order valence-electron chi connectivity index (χ3n) is 16.0. The second-order valence-electron chi connectivity index (χ2n) is 20.3. The monoisotopic (exact) mass is 956 g/mol. The van der Waals surface area contributed by atoms with Crippen molar-refractivity contribution in [3.63, 3.8) is 0 Å². The number of piperazine rings is 1. The number of carbonyl (C=O) groups excluding carboxylic acids is 1. The minimum absolute atomic E-state index is 0.0592. The number of H-pyrrole nitrogens is 1. The van der Waals surface area contributed by atoms with E-state index in [1.54, 1.807) is 37.5 Å². The number of aliphatic hydroxyl groups is 1. The van der Waals surface area contributed by atoms with Crippen molar-refractivity contribution in [2.45, 2.75) is 102 Å². The smallest absolute Gasteiger partial charge is 0.204 e. The third kappa shape index (κ3) is 10.2. The average molecular weight is 956 g/mol. The number of aliphatic hydroxyl groups excluding tert-OH is 1. The van der Waals surface area contributed by atoms with Gasteiger partial charge in [-0.25, -0.2) is 0 Å². The molecule has 1 aromatic heterocycles. The minimum atomic E-state index is -0.792. The summed E-state index contributed by atoms with van der Waals surface area (Å²) in [6.45, 7) is 6.78. The summed E-state index contributed by atoms with van der Waals surface area (Å²) < 4.78 is 26.6. The lowest BCUT2D eigenvalue weighted by Gasteiger charge is -2.41. The topological polar surface area (TPSA) is 126 Å². The van der Waals surface area contributed by atoms with Crippen LogP contribution in [0.5, 0.6) is 28.7 Å². The van der Waals surface area contributed by atoms with Crippen molar-refractivity contribution in [3.05, 3.63) is 160 Å². The number of rotatable bonds is 18. The molecule has 3 fully saturated rings. The second-order valence-corrected chi connectivity index (χ2v) is 20.3. The Morgan fingerprint density at radius 2 is 1.51 bits per heavy atom. The number of phenols is 1. The van der Waals surface area contributed by atoms with E-state index in [-0.39, 0.29) is 42.1 Å². The van der Waals surface area contributed by atoms with Gasteiger partial charge < -0.3 is 44.4 Å². The van der Waals surface area contributed by atoms with Crippen LogP contribution in [0, 0.1) is 5.41 Å². The fourth-order valence-corrected chi connectivity index (χ4v) is 12.1. The Bertz CT molecular complexity index is 2790. The molecule has 2 aliphatic heterocycles. The zero-order valence-corrected chi connectivity index (χ0v) is 41.4. The maximum atomic E-state index is 14.7.